The molecule has 1 N–H and O–H groups in total. The number of nitrogens with zero attached hydrogens (tertiary/aromatic N) is 1. The van der Waals surface area contributed by atoms with Gasteiger partial charge in [0.15, 0.2) is 0 Å². The molecule has 1 aliphatic carbocycles. The Morgan fingerprint density at radius 3 is 2.78 bits per heavy atom. The van der Waals surface area contributed by atoms with E-state index in [1.807, 2.05) is 0 Å². The van der Waals surface area contributed by atoms with Crippen LogP contribution in [0.4, 0.5) is 5.69 Å². The molecule has 0 aromatic heterocycles. The van der Waals surface area contributed by atoms with Crippen LogP contribution in [0, 0.1) is 5.92 Å². The molecule has 5 heteroatoms. The predicted octanol–water partition coefficient (Wildman–Crippen LogP) is 1.47. The predicted molar refractivity (Wildman–Crippen MR) is 64.2 cm³/mol. The smallest absolute Gasteiger partial charge is 0.339 e. The molecule has 0 spiro atoms. The summed E-state index contributed by atoms with van der Waals surface area (Å²) in [5, 5.41) is 9.14. The summed E-state index contributed by atoms with van der Waals surface area (Å²) in [6, 6.07) is 3.29. The molecule has 1 fully saturated rings. The van der Waals surface area contributed by atoms with Gasteiger partial charge in [-0.3, -0.25) is 4.79 Å². The summed E-state index contributed by atoms with van der Waals surface area (Å²) in [5.41, 5.74) is 1.80. The van der Waals surface area contributed by atoms with Crippen LogP contribution < -0.4 is 9.64 Å². The number of carbonyl (C=O) groups excluding carboxylic acids is 1. The van der Waals surface area contributed by atoms with Crippen molar-refractivity contribution in [2.24, 2.45) is 5.92 Å². The van der Waals surface area contributed by atoms with Gasteiger partial charge in [0.1, 0.15) is 11.3 Å². The second kappa shape index (κ2) is 3.48. The van der Waals surface area contributed by atoms with Crippen molar-refractivity contribution < 1.29 is 19.4 Å². The molecule has 5 nitrogen and oxygen atoms in total. The SMILES string of the molecule is COc1cc2c(cc1C(=O)O)N(C)C(=O)C1CC21. The average molecular weight is 247 g/mol. The number of fused-ring (bicyclic) bond motifs is 3. The normalized spacial score (nSPS) is 24.3. The maximum absolute atomic E-state index is 11.9. The summed E-state index contributed by atoms with van der Waals surface area (Å²) in [6.45, 7) is 0. The lowest BCUT2D eigenvalue weighted by atomic mass is 9.98. The van der Waals surface area contributed by atoms with Gasteiger partial charge in [0.05, 0.1) is 7.11 Å². The zero-order chi connectivity index (χ0) is 13.0. The summed E-state index contributed by atoms with van der Waals surface area (Å²) in [4.78, 5) is 24.6. The first-order valence-electron chi connectivity index (χ1n) is 5.77. The summed E-state index contributed by atoms with van der Waals surface area (Å²) >= 11 is 0. The summed E-state index contributed by atoms with van der Waals surface area (Å²) in [6.07, 6.45) is 0.853. The number of carbonyl (C=O) groups is 2. The molecule has 3 rings (SSSR count). The van der Waals surface area contributed by atoms with Crippen LogP contribution in [0.25, 0.3) is 0 Å². The van der Waals surface area contributed by atoms with E-state index in [-0.39, 0.29) is 23.3 Å². The second-order valence-corrected chi connectivity index (χ2v) is 4.76. The molecule has 2 atom stereocenters. The maximum atomic E-state index is 11.9. The molecular formula is C13H13NO4. The van der Waals surface area contributed by atoms with Crippen LogP contribution in [0.15, 0.2) is 12.1 Å². The van der Waals surface area contributed by atoms with Crippen molar-refractivity contribution >= 4 is 17.6 Å². The van der Waals surface area contributed by atoms with E-state index in [1.165, 1.54) is 13.2 Å². The number of carboxylic acids is 1. The molecule has 94 valence electrons. The Hall–Kier alpha value is -2.04. The lowest BCUT2D eigenvalue weighted by Gasteiger charge is -2.26. The zero-order valence-electron chi connectivity index (χ0n) is 10.1. The van der Waals surface area contributed by atoms with Crippen LogP contribution in [0.1, 0.15) is 28.3 Å². The van der Waals surface area contributed by atoms with Crippen molar-refractivity contribution in [3.8, 4) is 5.75 Å². The number of hydrogen-bond donors (Lipinski definition) is 1. The Morgan fingerprint density at radius 2 is 2.17 bits per heavy atom. The fraction of sp³-hybridized carbons (Fsp3) is 0.385. The lowest BCUT2D eigenvalue weighted by Crippen LogP contribution is -2.32. The van der Waals surface area contributed by atoms with Crippen LogP contribution in [-0.4, -0.2) is 31.1 Å². The number of ether oxygens (including phenoxy) is 1. The number of aromatic carboxylic acids is 1. The van der Waals surface area contributed by atoms with Crippen LogP contribution in [0.3, 0.4) is 0 Å². The molecule has 0 radical (unpaired) electrons. The highest BCUT2D eigenvalue weighted by Crippen LogP contribution is 2.56. The molecule has 2 aliphatic rings. The van der Waals surface area contributed by atoms with Gasteiger partial charge in [0.25, 0.3) is 0 Å². The van der Waals surface area contributed by atoms with Crippen LogP contribution in [0.5, 0.6) is 5.75 Å². The van der Waals surface area contributed by atoms with E-state index in [4.69, 9.17) is 9.84 Å². The third-order valence-electron chi connectivity index (χ3n) is 3.78. The van der Waals surface area contributed by atoms with Gasteiger partial charge in [-0.15, -0.1) is 0 Å². The van der Waals surface area contributed by atoms with Crippen LogP contribution in [0.2, 0.25) is 0 Å². The molecule has 0 saturated heterocycles. The highest BCUT2D eigenvalue weighted by atomic mass is 16.5. The second-order valence-electron chi connectivity index (χ2n) is 4.76. The summed E-state index contributed by atoms with van der Waals surface area (Å²) in [7, 11) is 3.14. The van der Waals surface area contributed by atoms with E-state index in [1.54, 1.807) is 18.0 Å². The molecule has 1 saturated carbocycles. The summed E-state index contributed by atoms with van der Waals surface area (Å²) < 4.78 is 5.12. The van der Waals surface area contributed by atoms with Gasteiger partial charge >= 0.3 is 5.97 Å². The first kappa shape index (κ1) is 11.1. The Balaban J connectivity index is 2.19. The number of rotatable bonds is 2. The number of hydrogen-bond acceptors (Lipinski definition) is 3. The van der Waals surface area contributed by atoms with E-state index < -0.39 is 5.97 Å². The quantitative estimate of drug-likeness (QED) is 0.859. The van der Waals surface area contributed by atoms with Gasteiger partial charge in [-0.1, -0.05) is 0 Å². The number of benzene rings is 1. The topological polar surface area (TPSA) is 66.8 Å². The monoisotopic (exact) mass is 247 g/mol. The molecule has 1 aromatic rings. The van der Waals surface area contributed by atoms with E-state index in [9.17, 15) is 9.59 Å². The average Bonchev–Trinajstić information content (AvgIpc) is 3.14. The van der Waals surface area contributed by atoms with Gasteiger partial charge in [-0.25, -0.2) is 4.79 Å². The number of amides is 1. The third kappa shape index (κ3) is 1.33. The van der Waals surface area contributed by atoms with E-state index in [2.05, 4.69) is 0 Å². The van der Waals surface area contributed by atoms with Crippen LogP contribution >= 0.6 is 0 Å². The molecule has 1 aromatic carbocycles. The molecule has 0 bridgehead atoms. The minimum Gasteiger partial charge on any atom is -0.496 e. The number of anilines is 1. The fourth-order valence-electron chi connectivity index (χ4n) is 2.69. The van der Waals surface area contributed by atoms with Gasteiger partial charge < -0.3 is 14.7 Å². The van der Waals surface area contributed by atoms with Crippen molar-refractivity contribution in [3.63, 3.8) is 0 Å². The first-order valence-corrected chi connectivity index (χ1v) is 5.77. The fourth-order valence-corrected chi connectivity index (χ4v) is 2.69. The van der Waals surface area contributed by atoms with Gasteiger partial charge in [-0.2, -0.15) is 0 Å². The van der Waals surface area contributed by atoms with E-state index in [0.29, 0.717) is 11.4 Å². The highest BCUT2D eigenvalue weighted by molar-refractivity contribution is 6.03. The number of carboxylic acid groups (broad SMARTS) is 1. The standard InChI is InChI=1S/C13H13NO4/c1-14-10-4-9(13(16)17)11(18-2)5-7(10)6-3-8(6)12(14)15/h4-6,8H,3H2,1-2H3,(H,16,17). The summed E-state index contributed by atoms with van der Waals surface area (Å²) in [5.74, 6) is -0.305. The van der Waals surface area contributed by atoms with Crippen LogP contribution in [-0.2, 0) is 4.79 Å². The van der Waals surface area contributed by atoms with Crippen molar-refractivity contribution in [2.75, 3.05) is 19.1 Å². The van der Waals surface area contributed by atoms with Crippen molar-refractivity contribution in [3.05, 3.63) is 23.3 Å². The minimum atomic E-state index is -1.05. The van der Waals surface area contributed by atoms with E-state index >= 15 is 0 Å². The largest absolute Gasteiger partial charge is 0.496 e. The zero-order valence-corrected chi connectivity index (χ0v) is 10.1. The molecule has 1 amide bonds. The van der Waals surface area contributed by atoms with Crippen molar-refractivity contribution in [1.29, 1.82) is 0 Å². The minimum absolute atomic E-state index is 0.0721. The highest BCUT2D eigenvalue weighted by Gasteiger charge is 2.50. The van der Waals surface area contributed by atoms with Gasteiger partial charge in [0, 0.05) is 18.7 Å². The third-order valence-corrected chi connectivity index (χ3v) is 3.78. The molecule has 18 heavy (non-hydrogen) atoms. The van der Waals surface area contributed by atoms with Crippen molar-refractivity contribution in [1.82, 2.24) is 0 Å². The Bertz CT molecular complexity index is 566. The Morgan fingerprint density at radius 1 is 1.44 bits per heavy atom. The van der Waals surface area contributed by atoms with Gasteiger partial charge in [-0.05, 0) is 30.0 Å². The molecule has 2 unspecified atom stereocenters. The van der Waals surface area contributed by atoms with Gasteiger partial charge in [0.2, 0.25) is 5.91 Å². The lowest BCUT2D eigenvalue weighted by molar-refractivity contribution is -0.119. The molecule has 1 heterocycles. The van der Waals surface area contributed by atoms with E-state index in [0.717, 1.165) is 12.0 Å². The Kier molecular flexibility index (Phi) is 2.14. The Labute approximate surface area is 104 Å². The number of methoxy groups -OCH3 is 1. The maximum Gasteiger partial charge on any atom is 0.339 e. The first-order chi connectivity index (χ1) is 8.54. The molecule has 1 aliphatic heterocycles. The molecular weight excluding hydrogens is 234 g/mol. The van der Waals surface area contributed by atoms with Crippen molar-refractivity contribution in [2.45, 2.75) is 12.3 Å².